The van der Waals surface area contributed by atoms with E-state index in [1.165, 1.54) is 4.90 Å². The number of carbonyl (C=O) groups is 2. The molecule has 27 heavy (non-hydrogen) atoms. The molecule has 0 spiro atoms. The van der Waals surface area contributed by atoms with Crippen molar-refractivity contribution in [3.05, 3.63) is 48.2 Å². The van der Waals surface area contributed by atoms with E-state index in [1.54, 1.807) is 31.3 Å². The number of halogens is 1. The Hall–Kier alpha value is -2.25. The summed E-state index contributed by atoms with van der Waals surface area (Å²) >= 11 is 5.94. The molecule has 2 heterocycles. The Kier molecular flexibility index (Phi) is 7.94. The van der Waals surface area contributed by atoms with Crippen molar-refractivity contribution in [2.75, 3.05) is 26.8 Å². The van der Waals surface area contributed by atoms with E-state index in [2.05, 4.69) is 0 Å². The molecule has 0 fully saturated rings. The molecule has 7 nitrogen and oxygen atoms in total. The molecule has 0 bridgehead atoms. The number of furan rings is 1. The summed E-state index contributed by atoms with van der Waals surface area (Å²) in [5.41, 5.74) is 0.982. The van der Waals surface area contributed by atoms with Crippen molar-refractivity contribution in [2.24, 2.45) is 7.05 Å². The molecule has 8 heteroatoms. The zero-order chi connectivity index (χ0) is 19.8. The first kappa shape index (κ1) is 21.1. The van der Waals surface area contributed by atoms with Gasteiger partial charge in [0.05, 0.1) is 32.5 Å². The third-order valence-electron chi connectivity index (χ3n) is 4.23. The van der Waals surface area contributed by atoms with Crippen LogP contribution >= 0.6 is 11.6 Å². The average Bonchev–Trinajstić information content (AvgIpc) is 3.29. The molecule has 0 aliphatic carbocycles. The zero-order valence-electron chi connectivity index (χ0n) is 15.9. The van der Waals surface area contributed by atoms with Gasteiger partial charge in [0.1, 0.15) is 11.1 Å². The zero-order valence-corrected chi connectivity index (χ0v) is 16.7. The van der Waals surface area contributed by atoms with Crippen molar-refractivity contribution >= 4 is 23.4 Å². The van der Waals surface area contributed by atoms with Crippen LogP contribution in [0.1, 0.15) is 18.4 Å². The van der Waals surface area contributed by atoms with Crippen LogP contribution in [0.25, 0.3) is 0 Å². The summed E-state index contributed by atoms with van der Waals surface area (Å²) in [7, 11) is 3.47. The molecule has 2 amide bonds. The van der Waals surface area contributed by atoms with Crippen LogP contribution in [0.3, 0.4) is 0 Å². The molecule has 2 rings (SSSR count). The minimum Gasteiger partial charge on any atom is -0.467 e. The van der Waals surface area contributed by atoms with E-state index in [1.807, 2.05) is 36.0 Å². The number of nitrogens with zero attached hydrogens (tertiary/aromatic N) is 3. The summed E-state index contributed by atoms with van der Waals surface area (Å²) in [4.78, 5) is 28.4. The minimum atomic E-state index is -0.707. The lowest BCUT2D eigenvalue weighted by molar-refractivity contribution is -0.141. The lowest BCUT2D eigenvalue weighted by Gasteiger charge is -2.28. The number of aromatic nitrogens is 1. The standard InChI is InChI=1S/C19H26ClN3O4/c1-15(20)19(25)22(9-11-26-3)14-18(24)23(13-17-7-5-10-27-17)12-16-6-4-8-21(16)2/h4-8,10,15H,9,11-14H2,1-3H3. The molecule has 148 valence electrons. The molecule has 0 N–H and O–H groups in total. The second-order valence-corrected chi connectivity index (χ2v) is 6.96. The summed E-state index contributed by atoms with van der Waals surface area (Å²) < 4.78 is 12.4. The molecule has 0 aromatic carbocycles. The summed E-state index contributed by atoms with van der Waals surface area (Å²) in [5.74, 6) is 0.200. The molecule has 2 aromatic heterocycles. The topological polar surface area (TPSA) is 67.9 Å². The second-order valence-electron chi connectivity index (χ2n) is 6.31. The van der Waals surface area contributed by atoms with Crippen LogP contribution < -0.4 is 0 Å². The van der Waals surface area contributed by atoms with Crippen LogP contribution in [0.5, 0.6) is 0 Å². The Bertz CT molecular complexity index is 727. The van der Waals surface area contributed by atoms with E-state index >= 15 is 0 Å². The van der Waals surface area contributed by atoms with E-state index in [4.69, 9.17) is 20.8 Å². The summed E-state index contributed by atoms with van der Waals surface area (Å²) in [6.45, 7) is 2.89. The monoisotopic (exact) mass is 395 g/mol. The molecular formula is C19H26ClN3O4. The van der Waals surface area contributed by atoms with Crippen LogP contribution in [-0.4, -0.2) is 58.4 Å². The molecule has 0 saturated carbocycles. The summed E-state index contributed by atoms with van der Waals surface area (Å²) in [6.07, 6.45) is 3.50. The predicted molar refractivity (Wildman–Crippen MR) is 102 cm³/mol. The molecule has 0 aliphatic rings. The molecule has 0 radical (unpaired) electrons. The lowest BCUT2D eigenvalue weighted by atomic mass is 10.3. The maximum absolute atomic E-state index is 13.0. The van der Waals surface area contributed by atoms with Crippen LogP contribution in [0.4, 0.5) is 0 Å². The summed E-state index contributed by atoms with van der Waals surface area (Å²) in [6, 6.07) is 7.48. The fourth-order valence-electron chi connectivity index (χ4n) is 2.66. The smallest absolute Gasteiger partial charge is 0.242 e. The summed E-state index contributed by atoms with van der Waals surface area (Å²) in [5, 5.41) is -0.707. The van der Waals surface area contributed by atoms with Gasteiger partial charge in [-0.3, -0.25) is 9.59 Å². The third-order valence-corrected chi connectivity index (χ3v) is 4.41. The van der Waals surface area contributed by atoms with Gasteiger partial charge in [-0.15, -0.1) is 11.6 Å². The van der Waals surface area contributed by atoms with Gasteiger partial charge >= 0.3 is 0 Å². The largest absolute Gasteiger partial charge is 0.467 e. The van der Waals surface area contributed by atoms with Gasteiger partial charge in [0.2, 0.25) is 11.8 Å². The lowest BCUT2D eigenvalue weighted by Crippen LogP contribution is -2.45. The Morgan fingerprint density at radius 3 is 2.59 bits per heavy atom. The Balaban J connectivity index is 2.14. The molecule has 1 unspecified atom stereocenters. The van der Waals surface area contributed by atoms with Crippen LogP contribution in [0.2, 0.25) is 0 Å². The first-order valence-corrected chi connectivity index (χ1v) is 9.18. The number of amides is 2. The SMILES string of the molecule is COCCN(CC(=O)N(Cc1ccco1)Cc1cccn1C)C(=O)C(C)Cl. The number of rotatable bonds is 10. The van der Waals surface area contributed by atoms with Crippen molar-refractivity contribution in [1.82, 2.24) is 14.4 Å². The number of alkyl halides is 1. The van der Waals surface area contributed by atoms with Gasteiger partial charge in [0.25, 0.3) is 0 Å². The molecular weight excluding hydrogens is 370 g/mol. The Labute approximate surface area is 164 Å². The van der Waals surface area contributed by atoms with Crippen LogP contribution in [0, 0.1) is 0 Å². The normalized spacial score (nSPS) is 12.0. The van der Waals surface area contributed by atoms with Crippen LogP contribution in [-0.2, 0) is 34.5 Å². The number of aryl methyl sites for hydroxylation is 1. The highest BCUT2D eigenvalue weighted by Crippen LogP contribution is 2.12. The highest BCUT2D eigenvalue weighted by atomic mass is 35.5. The minimum absolute atomic E-state index is 0.0651. The van der Waals surface area contributed by atoms with Gasteiger partial charge in [-0.2, -0.15) is 0 Å². The third kappa shape index (κ3) is 6.15. The van der Waals surface area contributed by atoms with Gasteiger partial charge in [-0.1, -0.05) is 0 Å². The fourth-order valence-corrected chi connectivity index (χ4v) is 2.80. The van der Waals surface area contributed by atoms with E-state index in [0.29, 0.717) is 32.0 Å². The average molecular weight is 396 g/mol. The maximum atomic E-state index is 13.0. The second kappa shape index (κ2) is 10.2. The number of hydrogen-bond acceptors (Lipinski definition) is 4. The van der Waals surface area contributed by atoms with Crippen molar-refractivity contribution in [1.29, 1.82) is 0 Å². The van der Waals surface area contributed by atoms with Gasteiger partial charge in [-0.25, -0.2) is 0 Å². The van der Waals surface area contributed by atoms with Crippen molar-refractivity contribution in [2.45, 2.75) is 25.4 Å². The van der Waals surface area contributed by atoms with E-state index in [0.717, 1.165) is 5.69 Å². The molecule has 0 aliphatic heterocycles. The number of ether oxygens (including phenoxy) is 1. The van der Waals surface area contributed by atoms with Gasteiger partial charge in [0.15, 0.2) is 0 Å². The Morgan fingerprint density at radius 2 is 2.04 bits per heavy atom. The molecule has 0 saturated heterocycles. The quantitative estimate of drug-likeness (QED) is 0.579. The first-order valence-electron chi connectivity index (χ1n) is 8.74. The highest BCUT2D eigenvalue weighted by molar-refractivity contribution is 6.30. The number of hydrogen-bond donors (Lipinski definition) is 0. The van der Waals surface area contributed by atoms with Gasteiger partial charge in [-0.05, 0) is 31.2 Å². The number of methoxy groups -OCH3 is 1. The van der Waals surface area contributed by atoms with Crippen molar-refractivity contribution < 1.29 is 18.7 Å². The van der Waals surface area contributed by atoms with Crippen LogP contribution in [0.15, 0.2) is 41.1 Å². The maximum Gasteiger partial charge on any atom is 0.242 e. The highest BCUT2D eigenvalue weighted by Gasteiger charge is 2.25. The van der Waals surface area contributed by atoms with Crippen molar-refractivity contribution in [3.8, 4) is 0 Å². The number of carbonyl (C=O) groups excluding carboxylic acids is 2. The fraction of sp³-hybridized carbons (Fsp3) is 0.474. The predicted octanol–water partition coefficient (Wildman–Crippen LogP) is 2.25. The van der Waals surface area contributed by atoms with Gasteiger partial charge in [0, 0.05) is 32.6 Å². The van der Waals surface area contributed by atoms with E-state index < -0.39 is 5.38 Å². The molecule has 2 aromatic rings. The van der Waals surface area contributed by atoms with E-state index in [-0.39, 0.29) is 18.4 Å². The molecule has 1 atom stereocenters. The Morgan fingerprint density at radius 1 is 1.26 bits per heavy atom. The first-order chi connectivity index (χ1) is 12.9. The van der Waals surface area contributed by atoms with Gasteiger partial charge < -0.3 is 23.5 Å². The van der Waals surface area contributed by atoms with E-state index in [9.17, 15) is 9.59 Å². The van der Waals surface area contributed by atoms with Crippen molar-refractivity contribution in [3.63, 3.8) is 0 Å².